The Hall–Kier alpha value is -2.56. The Morgan fingerprint density at radius 2 is 1.81 bits per heavy atom. The molecule has 3 rings (SSSR count). The van der Waals surface area contributed by atoms with Crippen LogP contribution in [0, 0.1) is 5.92 Å². The number of carbonyl (C=O) groups is 1. The van der Waals surface area contributed by atoms with Gasteiger partial charge in [0.25, 0.3) is 5.91 Å². The Morgan fingerprint density at radius 3 is 2.42 bits per heavy atom. The molecule has 0 spiro atoms. The summed E-state index contributed by atoms with van der Waals surface area (Å²) in [6.45, 7) is 7.54. The van der Waals surface area contributed by atoms with Crippen LogP contribution >= 0.6 is 0 Å². The zero-order chi connectivity index (χ0) is 18.4. The van der Waals surface area contributed by atoms with E-state index in [1.165, 1.54) is 18.5 Å². The van der Waals surface area contributed by atoms with Gasteiger partial charge in [-0.1, -0.05) is 13.8 Å². The van der Waals surface area contributed by atoms with Crippen molar-refractivity contribution in [2.24, 2.45) is 5.92 Å². The quantitative estimate of drug-likeness (QED) is 0.809. The molecule has 0 atom stereocenters. The number of pyridine rings is 1. The zero-order valence-corrected chi connectivity index (χ0v) is 15.7. The normalized spacial score (nSPS) is 14.9. The first-order valence-corrected chi connectivity index (χ1v) is 9.52. The molecule has 1 aromatic carbocycles. The molecule has 0 unspecified atom stereocenters. The molecule has 1 aliphatic rings. The van der Waals surface area contributed by atoms with Crippen molar-refractivity contribution in [3.8, 4) is 0 Å². The van der Waals surface area contributed by atoms with Crippen molar-refractivity contribution in [3.05, 3.63) is 48.3 Å². The van der Waals surface area contributed by atoms with E-state index in [0.29, 0.717) is 5.69 Å². The maximum absolute atomic E-state index is 12.4. The number of piperidine rings is 1. The summed E-state index contributed by atoms with van der Waals surface area (Å²) in [5, 5.41) is 6.17. The van der Waals surface area contributed by atoms with Crippen LogP contribution in [-0.2, 0) is 0 Å². The van der Waals surface area contributed by atoms with Gasteiger partial charge in [-0.05, 0) is 61.6 Å². The van der Waals surface area contributed by atoms with Gasteiger partial charge in [-0.15, -0.1) is 0 Å². The first kappa shape index (κ1) is 18.2. The van der Waals surface area contributed by atoms with Gasteiger partial charge in [0.2, 0.25) is 0 Å². The molecule has 2 heterocycles. The van der Waals surface area contributed by atoms with Crippen LogP contribution in [0.4, 0.5) is 17.1 Å². The molecular weight excluding hydrogens is 324 g/mol. The van der Waals surface area contributed by atoms with Gasteiger partial charge in [0, 0.05) is 31.0 Å². The lowest BCUT2D eigenvalue weighted by Gasteiger charge is -2.32. The minimum atomic E-state index is -0.188. The van der Waals surface area contributed by atoms with E-state index >= 15 is 0 Å². The van der Waals surface area contributed by atoms with E-state index in [1.54, 1.807) is 12.3 Å². The molecule has 1 amide bonds. The fraction of sp³-hybridized carbons (Fsp3) is 0.429. The largest absolute Gasteiger partial charge is 0.384 e. The standard InChI is InChI=1S/C21H28N4O/c1-3-12-22-18-6-9-20(23-15-18)21(26)24-17-4-7-19(8-5-17)25-13-10-16(2)11-14-25/h4-9,15-16,22H,3,10-14H2,1-2H3,(H,24,26). The Labute approximate surface area is 155 Å². The molecule has 0 aliphatic carbocycles. The van der Waals surface area contributed by atoms with Crippen molar-refractivity contribution in [1.82, 2.24) is 4.98 Å². The van der Waals surface area contributed by atoms with E-state index in [2.05, 4.69) is 46.5 Å². The average molecular weight is 352 g/mol. The number of hydrogen-bond donors (Lipinski definition) is 2. The number of nitrogens with zero attached hydrogens (tertiary/aromatic N) is 2. The molecule has 138 valence electrons. The van der Waals surface area contributed by atoms with Crippen molar-refractivity contribution in [1.29, 1.82) is 0 Å². The minimum absolute atomic E-state index is 0.188. The molecule has 1 aliphatic heterocycles. The summed E-state index contributed by atoms with van der Waals surface area (Å²) in [6, 6.07) is 11.7. The second kappa shape index (κ2) is 8.70. The van der Waals surface area contributed by atoms with Gasteiger partial charge in [0.15, 0.2) is 0 Å². The van der Waals surface area contributed by atoms with Crippen molar-refractivity contribution in [2.75, 3.05) is 35.2 Å². The maximum Gasteiger partial charge on any atom is 0.274 e. The summed E-state index contributed by atoms with van der Waals surface area (Å²) in [6.07, 6.45) is 5.24. The van der Waals surface area contributed by atoms with Gasteiger partial charge in [-0.3, -0.25) is 4.79 Å². The van der Waals surface area contributed by atoms with Crippen LogP contribution in [0.25, 0.3) is 0 Å². The van der Waals surface area contributed by atoms with E-state index < -0.39 is 0 Å². The van der Waals surface area contributed by atoms with E-state index in [4.69, 9.17) is 0 Å². The molecule has 0 radical (unpaired) electrons. The zero-order valence-electron chi connectivity index (χ0n) is 15.7. The van der Waals surface area contributed by atoms with Crippen molar-refractivity contribution in [3.63, 3.8) is 0 Å². The number of rotatable bonds is 6. The highest BCUT2D eigenvalue weighted by atomic mass is 16.1. The second-order valence-corrected chi connectivity index (χ2v) is 7.03. The predicted octanol–water partition coefficient (Wildman–Crippen LogP) is 4.39. The van der Waals surface area contributed by atoms with Crippen molar-refractivity contribution >= 4 is 23.0 Å². The highest BCUT2D eigenvalue weighted by Crippen LogP contribution is 2.24. The molecule has 1 saturated heterocycles. The number of anilines is 3. The number of amides is 1. The Morgan fingerprint density at radius 1 is 1.12 bits per heavy atom. The molecule has 2 N–H and O–H groups in total. The molecule has 1 fully saturated rings. The molecule has 26 heavy (non-hydrogen) atoms. The molecule has 0 bridgehead atoms. The van der Waals surface area contributed by atoms with Crippen LogP contribution in [0.5, 0.6) is 0 Å². The topological polar surface area (TPSA) is 57.3 Å². The summed E-state index contributed by atoms with van der Waals surface area (Å²) in [5.41, 5.74) is 3.36. The van der Waals surface area contributed by atoms with E-state index in [1.807, 2.05) is 18.2 Å². The highest BCUT2D eigenvalue weighted by molar-refractivity contribution is 6.03. The first-order valence-electron chi connectivity index (χ1n) is 9.52. The molecule has 2 aromatic rings. The van der Waals surface area contributed by atoms with Crippen LogP contribution in [0.15, 0.2) is 42.6 Å². The fourth-order valence-electron chi connectivity index (χ4n) is 3.12. The van der Waals surface area contributed by atoms with Gasteiger partial charge in [0.05, 0.1) is 11.9 Å². The summed E-state index contributed by atoms with van der Waals surface area (Å²) >= 11 is 0. The minimum Gasteiger partial charge on any atom is -0.384 e. The Balaban J connectivity index is 1.57. The van der Waals surface area contributed by atoms with Gasteiger partial charge < -0.3 is 15.5 Å². The van der Waals surface area contributed by atoms with Crippen molar-refractivity contribution < 1.29 is 4.79 Å². The lowest BCUT2D eigenvalue weighted by Crippen LogP contribution is -2.32. The molecule has 0 saturated carbocycles. The fourth-order valence-corrected chi connectivity index (χ4v) is 3.12. The van der Waals surface area contributed by atoms with E-state index in [0.717, 1.165) is 43.3 Å². The lowest BCUT2D eigenvalue weighted by atomic mass is 9.99. The van der Waals surface area contributed by atoms with Crippen LogP contribution in [-0.4, -0.2) is 30.5 Å². The SMILES string of the molecule is CCCNc1ccc(C(=O)Nc2ccc(N3CCC(C)CC3)cc2)nc1. The number of benzene rings is 1. The van der Waals surface area contributed by atoms with Gasteiger partial charge in [-0.25, -0.2) is 4.98 Å². The third-order valence-corrected chi connectivity index (χ3v) is 4.85. The third-order valence-electron chi connectivity index (χ3n) is 4.85. The van der Waals surface area contributed by atoms with Crippen LogP contribution in [0.2, 0.25) is 0 Å². The van der Waals surface area contributed by atoms with Gasteiger partial charge in [0.1, 0.15) is 5.69 Å². The molecule has 5 nitrogen and oxygen atoms in total. The highest BCUT2D eigenvalue weighted by Gasteiger charge is 2.16. The van der Waals surface area contributed by atoms with Gasteiger partial charge in [-0.2, -0.15) is 0 Å². The number of aromatic nitrogens is 1. The number of hydrogen-bond acceptors (Lipinski definition) is 4. The molecular formula is C21H28N4O. The summed E-state index contributed by atoms with van der Waals surface area (Å²) < 4.78 is 0. The number of carbonyl (C=O) groups excluding carboxylic acids is 1. The second-order valence-electron chi connectivity index (χ2n) is 7.03. The first-order chi connectivity index (χ1) is 12.7. The van der Waals surface area contributed by atoms with E-state index in [-0.39, 0.29) is 5.91 Å². The third kappa shape index (κ3) is 4.75. The van der Waals surface area contributed by atoms with Crippen LogP contribution < -0.4 is 15.5 Å². The predicted molar refractivity (Wildman–Crippen MR) is 108 cm³/mol. The molecule has 5 heteroatoms. The van der Waals surface area contributed by atoms with Crippen LogP contribution in [0.3, 0.4) is 0 Å². The maximum atomic E-state index is 12.4. The number of nitrogens with one attached hydrogen (secondary N) is 2. The van der Waals surface area contributed by atoms with Gasteiger partial charge >= 0.3 is 0 Å². The van der Waals surface area contributed by atoms with Crippen molar-refractivity contribution in [2.45, 2.75) is 33.1 Å². The lowest BCUT2D eigenvalue weighted by molar-refractivity contribution is 0.102. The summed E-state index contributed by atoms with van der Waals surface area (Å²) in [4.78, 5) is 19.0. The van der Waals surface area contributed by atoms with E-state index in [9.17, 15) is 4.79 Å². The summed E-state index contributed by atoms with van der Waals surface area (Å²) in [7, 11) is 0. The summed E-state index contributed by atoms with van der Waals surface area (Å²) in [5.74, 6) is 0.632. The average Bonchev–Trinajstić information content (AvgIpc) is 2.68. The Kier molecular flexibility index (Phi) is 6.10. The Bertz CT molecular complexity index is 704. The molecule has 1 aromatic heterocycles. The smallest absolute Gasteiger partial charge is 0.274 e. The monoisotopic (exact) mass is 352 g/mol. The van der Waals surface area contributed by atoms with Crippen LogP contribution in [0.1, 0.15) is 43.6 Å².